The van der Waals surface area contributed by atoms with Crippen molar-refractivity contribution < 1.29 is 8.42 Å². The van der Waals surface area contributed by atoms with Gasteiger partial charge in [0, 0.05) is 18.8 Å². The predicted octanol–water partition coefficient (Wildman–Crippen LogP) is 0.405. The number of hydrogen-bond donors (Lipinski definition) is 2. The van der Waals surface area contributed by atoms with Gasteiger partial charge in [0.25, 0.3) is 0 Å². The number of aromatic nitrogens is 1. The Balaban J connectivity index is 0.00000180. The Morgan fingerprint density at radius 1 is 1.53 bits per heavy atom. The minimum atomic E-state index is -3.68. The quantitative estimate of drug-likeness (QED) is 0.843. The average molecular weight is 303 g/mol. The highest BCUT2D eigenvalue weighted by atomic mass is 35.5. The fourth-order valence-corrected chi connectivity index (χ4v) is 3.30. The van der Waals surface area contributed by atoms with Gasteiger partial charge in [0.2, 0.25) is 10.0 Å². The number of nitrogens with one attached hydrogen (secondary N) is 2. The Morgan fingerprint density at radius 3 is 2.95 bits per heavy atom. The molecule has 0 bridgehead atoms. The number of pyridine rings is 1. The molecule has 1 atom stereocenters. The van der Waals surface area contributed by atoms with Crippen LogP contribution in [0.5, 0.6) is 0 Å². The van der Waals surface area contributed by atoms with E-state index >= 15 is 0 Å². The third-order valence-electron chi connectivity index (χ3n) is 2.78. The van der Waals surface area contributed by atoms with E-state index in [4.69, 9.17) is 5.26 Å². The predicted molar refractivity (Wildman–Crippen MR) is 72.4 cm³/mol. The number of halogens is 1. The second kappa shape index (κ2) is 6.82. The molecule has 1 fully saturated rings. The van der Waals surface area contributed by atoms with E-state index in [9.17, 15) is 8.42 Å². The monoisotopic (exact) mass is 302 g/mol. The molecule has 2 rings (SSSR count). The summed E-state index contributed by atoms with van der Waals surface area (Å²) in [5.41, 5.74) is -0.0752. The van der Waals surface area contributed by atoms with Crippen molar-refractivity contribution in [3.8, 4) is 6.07 Å². The first-order chi connectivity index (χ1) is 8.63. The van der Waals surface area contributed by atoms with Crippen LogP contribution in [0.4, 0.5) is 0 Å². The van der Waals surface area contributed by atoms with Gasteiger partial charge in [-0.15, -0.1) is 12.4 Å². The van der Waals surface area contributed by atoms with E-state index in [2.05, 4.69) is 15.0 Å². The van der Waals surface area contributed by atoms with Crippen LogP contribution in [0.3, 0.4) is 0 Å². The van der Waals surface area contributed by atoms with Crippen LogP contribution in [0.25, 0.3) is 0 Å². The minimum Gasteiger partial charge on any atom is -0.315 e. The maximum Gasteiger partial charge on any atom is 0.243 e. The van der Waals surface area contributed by atoms with E-state index in [0.29, 0.717) is 6.54 Å². The lowest BCUT2D eigenvalue weighted by molar-refractivity contribution is 0.428. The van der Waals surface area contributed by atoms with Crippen molar-refractivity contribution in [3.63, 3.8) is 0 Å². The molecule has 0 saturated carbocycles. The molecule has 1 aromatic heterocycles. The molecule has 6 nitrogen and oxygen atoms in total. The largest absolute Gasteiger partial charge is 0.315 e. The van der Waals surface area contributed by atoms with Gasteiger partial charge in [-0.2, -0.15) is 5.26 Å². The molecule has 1 aliphatic rings. The summed E-state index contributed by atoms with van der Waals surface area (Å²) < 4.78 is 26.9. The molecule has 104 valence electrons. The number of piperidine rings is 1. The van der Waals surface area contributed by atoms with E-state index in [-0.39, 0.29) is 29.0 Å². The van der Waals surface area contributed by atoms with Gasteiger partial charge in [0.05, 0.1) is 0 Å². The van der Waals surface area contributed by atoms with Gasteiger partial charge in [-0.05, 0) is 31.5 Å². The van der Waals surface area contributed by atoms with Gasteiger partial charge in [-0.1, -0.05) is 0 Å². The summed E-state index contributed by atoms with van der Waals surface area (Å²) in [6, 6.07) is 4.57. The van der Waals surface area contributed by atoms with Gasteiger partial charge in [0.15, 0.2) is 5.69 Å². The molecule has 0 aromatic carbocycles. The lowest BCUT2D eigenvalue weighted by Gasteiger charge is -2.23. The summed E-state index contributed by atoms with van der Waals surface area (Å²) >= 11 is 0. The topological polar surface area (TPSA) is 94.9 Å². The van der Waals surface area contributed by atoms with Crippen LogP contribution in [0.15, 0.2) is 23.2 Å². The van der Waals surface area contributed by atoms with E-state index in [1.807, 2.05) is 0 Å². The molecule has 0 spiro atoms. The molecule has 0 unspecified atom stereocenters. The second-order valence-corrected chi connectivity index (χ2v) is 5.81. The van der Waals surface area contributed by atoms with Gasteiger partial charge >= 0.3 is 0 Å². The first-order valence-electron chi connectivity index (χ1n) is 5.71. The second-order valence-electron chi connectivity index (χ2n) is 4.13. The molecule has 0 aliphatic carbocycles. The van der Waals surface area contributed by atoms with Gasteiger partial charge < -0.3 is 5.32 Å². The van der Waals surface area contributed by atoms with Crippen molar-refractivity contribution in [2.45, 2.75) is 23.8 Å². The van der Waals surface area contributed by atoms with Crippen LogP contribution in [-0.2, 0) is 10.0 Å². The molecule has 19 heavy (non-hydrogen) atoms. The standard InChI is InChI=1S/C11H14N4O2S.ClH/c12-7-10-11(4-2-6-14-10)18(16,17)15-9-3-1-5-13-8-9;/h2,4,6,9,13,15H,1,3,5,8H2;1H/t9-;/m0./s1. The van der Waals surface area contributed by atoms with Crippen molar-refractivity contribution in [1.29, 1.82) is 5.26 Å². The van der Waals surface area contributed by atoms with Crippen LogP contribution in [-0.4, -0.2) is 32.5 Å². The first kappa shape index (κ1) is 15.9. The third kappa shape index (κ3) is 3.88. The highest BCUT2D eigenvalue weighted by molar-refractivity contribution is 7.89. The summed E-state index contributed by atoms with van der Waals surface area (Å²) in [6.45, 7) is 1.52. The molecular weight excluding hydrogens is 288 g/mol. The SMILES string of the molecule is Cl.N#Cc1ncccc1S(=O)(=O)N[C@H]1CCCNC1. The zero-order valence-electron chi connectivity index (χ0n) is 10.2. The summed E-state index contributed by atoms with van der Waals surface area (Å²) in [7, 11) is -3.68. The van der Waals surface area contributed by atoms with E-state index < -0.39 is 10.0 Å². The molecule has 1 saturated heterocycles. The van der Waals surface area contributed by atoms with Gasteiger partial charge in [0.1, 0.15) is 11.0 Å². The number of sulfonamides is 1. The van der Waals surface area contributed by atoms with Crippen molar-refractivity contribution in [3.05, 3.63) is 24.0 Å². The third-order valence-corrected chi connectivity index (χ3v) is 4.34. The Bertz CT molecular complexity index is 564. The molecular formula is C11H15ClN4O2S. The van der Waals surface area contributed by atoms with Crippen LogP contribution in [0, 0.1) is 11.3 Å². The summed E-state index contributed by atoms with van der Waals surface area (Å²) in [6.07, 6.45) is 3.14. The highest BCUT2D eigenvalue weighted by Crippen LogP contribution is 2.13. The lowest BCUT2D eigenvalue weighted by Crippen LogP contribution is -2.45. The normalized spacial score (nSPS) is 19.2. The van der Waals surface area contributed by atoms with E-state index in [1.54, 1.807) is 6.07 Å². The molecule has 2 heterocycles. The lowest BCUT2D eigenvalue weighted by atomic mass is 10.1. The van der Waals surface area contributed by atoms with Crippen LogP contribution >= 0.6 is 12.4 Å². The molecule has 0 radical (unpaired) electrons. The van der Waals surface area contributed by atoms with Crippen LogP contribution in [0.1, 0.15) is 18.5 Å². The maximum absolute atomic E-state index is 12.2. The Morgan fingerprint density at radius 2 is 2.32 bits per heavy atom. The summed E-state index contributed by atoms with van der Waals surface area (Å²) in [5, 5.41) is 12.0. The van der Waals surface area contributed by atoms with Gasteiger partial charge in [-0.3, -0.25) is 0 Å². The maximum atomic E-state index is 12.2. The number of hydrogen-bond acceptors (Lipinski definition) is 5. The Labute approximate surface area is 118 Å². The van der Waals surface area contributed by atoms with E-state index in [0.717, 1.165) is 19.4 Å². The Kier molecular flexibility index (Phi) is 5.69. The number of rotatable bonds is 3. The number of nitriles is 1. The molecule has 2 N–H and O–H groups in total. The average Bonchev–Trinajstić information content (AvgIpc) is 2.39. The summed E-state index contributed by atoms with van der Waals surface area (Å²) in [5.74, 6) is 0. The van der Waals surface area contributed by atoms with E-state index in [1.165, 1.54) is 18.3 Å². The van der Waals surface area contributed by atoms with Crippen molar-refractivity contribution in [1.82, 2.24) is 15.0 Å². The zero-order chi connectivity index (χ0) is 13.0. The Hall–Kier alpha value is -1.20. The molecule has 1 aliphatic heterocycles. The fraction of sp³-hybridized carbons (Fsp3) is 0.455. The van der Waals surface area contributed by atoms with Crippen LogP contribution in [0.2, 0.25) is 0 Å². The molecule has 1 aromatic rings. The van der Waals surface area contributed by atoms with Crippen molar-refractivity contribution >= 4 is 22.4 Å². The smallest absolute Gasteiger partial charge is 0.243 e. The highest BCUT2D eigenvalue weighted by Gasteiger charge is 2.24. The van der Waals surface area contributed by atoms with Gasteiger partial charge in [-0.25, -0.2) is 18.1 Å². The minimum absolute atomic E-state index is 0. The number of nitrogens with zero attached hydrogens (tertiary/aromatic N) is 2. The fourth-order valence-electron chi connectivity index (χ4n) is 1.93. The zero-order valence-corrected chi connectivity index (χ0v) is 11.8. The van der Waals surface area contributed by atoms with Crippen LogP contribution < -0.4 is 10.0 Å². The van der Waals surface area contributed by atoms with Crippen molar-refractivity contribution in [2.75, 3.05) is 13.1 Å². The summed E-state index contributed by atoms with van der Waals surface area (Å²) in [4.78, 5) is 3.70. The van der Waals surface area contributed by atoms with Crippen molar-refractivity contribution in [2.24, 2.45) is 0 Å². The first-order valence-corrected chi connectivity index (χ1v) is 7.20. The molecule has 0 amide bonds. The molecule has 8 heteroatoms.